The van der Waals surface area contributed by atoms with E-state index in [1.54, 1.807) is 6.92 Å². The molecule has 1 aliphatic rings. The smallest absolute Gasteiger partial charge is 0.245 e. The van der Waals surface area contributed by atoms with Crippen molar-refractivity contribution in [2.75, 3.05) is 18.6 Å². The highest BCUT2D eigenvalue weighted by Crippen LogP contribution is 2.18. The van der Waals surface area contributed by atoms with Gasteiger partial charge in [0.05, 0.1) is 5.75 Å². The molecule has 3 unspecified atom stereocenters. The largest absolute Gasteiger partial charge is 0.344 e. The van der Waals surface area contributed by atoms with Crippen molar-refractivity contribution in [2.24, 2.45) is 5.92 Å². The van der Waals surface area contributed by atoms with Crippen LogP contribution in [0.25, 0.3) is 0 Å². The Labute approximate surface area is 120 Å². The molecule has 1 fully saturated rings. The van der Waals surface area contributed by atoms with Crippen LogP contribution in [-0.4, -0.2) is 55.8 Å². The van der Waals surface area contributed by atoms with Crippen LogP contribution < -0.4 is 5.32 Å². The minimum Gasteiger partial charge on any atom is -0.344 e. The molecule has 0 bridgehead atoms. The lowest BCUT2D eigenvalue weighted by Crippen LogP contribution is -2.50. The highest BCUT2D eigenvalue weighted by Gasteiger charge is 2.36. The van der Waals surface area contributed by atoms with Gasteiger partial charge in [0.15, 0.2) is 0 Å². The summed E-state index contributed by atoms with van der Waals surface area (Å²) in [6.07, 6.45) is 2.13. The summed E-state index contributed by atoms with van der Waals surface area (Å²) in [5.74, 6) is -0.387. The van der Waals surface area contributed by atoms with Crippen LogP contribution >= 0.6 is 0 Å². The molecule has 1 heterocycles. The van der Waals surface area contributed by atoms with E-state index in [2.05, 4.69) is 5.32 Å². The predicted octanol–water partition coefficient (Wildman–Crippen LogP) is 0.183. The summed E-state index contributed by atoms with van der Waals surface area (Å²) in [5.41, 5.74) is 0. The summed E-state index contributed by atoms with van der Waals surface area (Å²) >= 11 is 0. The van der Waals surface area contributed by atoms with Gasteiger partial charge in [-0.3, -0.25) is 9.59 Å². The van der Waals surface area contributed by atoms with Crippen LogP contribution in [0.2, 0.25) is 0 Å². The van der Waals surface area contributed by atoms with Crippen molar-refractivity contribution in [3.8, 4) is 0 Å². The second kappa shape index (κ2) is 6.56. The fourth-order valence-electron chi connectivity index (χ4n) is 2.28. The number of hydrogen-bond acceptors (Lipinski definition) is 4. The van der Waals surface area contributed by atoms with Gasteiger partial charge in [-0.2, -0.15) is 0 Å². The number of hydrogen-bond donors (Lipinski definition) is 1. The minimum atomic E-state index is -3.14. The first-order valence-corrected chi connectivity index (χ1v) is 8.99. The third kappa shape index (κ3) is 4.47. The molecule has 7 heteroatoms. The van der Waals surface area contributed by atoms with E-state index in [1.165, 1.54) is 4.90 Å². The fourth-order valence-corrected chi connectivity index (χ4v) is 2.81. The Bertz CT molecular complexity index is 475. The summed E-state index contributed by atoms with van der Waals surface area (Å²) < 4.78 is 22.6. The van der Waals surface area contributed by atoms with Gasteiger partial charge in [0.25, 0.3) is 0 Å². The molecule has 6 nitrogen and oxygen atoms in total. The van der Waals surface area contributed by atoms with Gasteiger partial charge in [0.2, 0.25) is 11.8 Å². The Morgan fingerprint density at radius 2 is 2.00 bits per heavy atom. The Morgan fingerprint density at radius 1 is 1.40 bits per heavy atom. The van der Waals surface area contributed by atoms with Crippen molar-refractivity contribution < 1.29 is 18.0 Å². The topological polar surface area (TPSA) is 83.6 Å². The van der Waals surface area contributed by atoms with Crippen LogP contribution in [0.4, 0.5) is 0 Å². The van der Waals surface area contributed by atoms with Crippen LogP contribution in [0.5, 0.6) is 0 Å². The summed E-state index contributed by atoms with van der Waals surface area (Å²) in [6, 6.07) is -0.838. The summed E-state index contributed by atoms with van der Waals surface area (Å²) in [4.78, 5) is 25.9. The zero-order chi connectivity index (χ0) is 15.5. The van der Waals surface area contributed by atoms with Crippen molar-refractivity contribution in [3.63, 3.8) is 0 Å². The van der Waals surface area contributed by atoms with Crippen molar-refractivity contribution in [1.29, 1.82) is 0 Å². The van der Waals surface area contributed by atoms with E-state index >= 15 is 0 Å². The first kappa shape index (κ1) is 16.9. The molecule has 3 atom stereocenters. The van der Waals surface area contributed by atoms with Crippen LogP contribution in [0.15, 0.2) is 0 Å². The Hall–Kier alpha value is -1.11. The summed E-state index contributed by atoms with van der Waals surface area (Å²) in [5, 5.41) is 2.76. The van der Waals surface area contributed by atoms with Gasteiger partial charge in [-0.05, 0) is 12.8 Å². The number of carbonyl (C=O) groups excluding carboxylic acids is 2. The first-order chi connectivity index (χ1) is 9.15. The average molecular weight is 304 g/mol. The predicted molar refractivity (Wildman–Crippen MR) is 76.9 cm³/mol. The number of rotatable bonds is 5. The molecule has 0 aromatic rings. The molecule has 1 N–H and O–H groups in total. The molecule has 0 radical (unpaired) electrons. The van der Waals surface area contributed by atoms with Gasteiger partial charge in [-0.1, -0.05) is 20.3 Å². The highest BCUT2D eigenvalue weighted by atomic mass is 32.2. The van der Waals surface area contributed by atoms with Gasteiger partial charge < -0.3 is 10.2 Å². The highest BCUT2D eigenvalue weighted by molar-refractivity contribution is 7.90. The lowest BCUT2D eigenvalue weighted by molar-refractivity contribution is -0.136. The zero-order valence-corrected chi connectivity index (χ0v) is 13.4. The molecule has 2 amide bonds. The van der Waals surface area contributed by atoms with Crippen molar-refractivity contribution in [1.82, 2.24) is 10.2 Å². The molecule has 0 aromatic carbocycles. The van der Waals surface area contributed by atoms with E-state index < -0.39 is 15.9 Å². The minimum absolute atomic E-state index is 0.0254. The number of nitrogens with zero attached hydrogens (tertiary/aromatic N) is 1. The van der Waals surface area contributed by atoms with E-state index in [1.807, 2.05) is 13.8 Å². The van der Waals surface area contributed by atoms with E-state index in [9.17, 15) is 18.0 Å². The third-order valence-corrected chi connectivity index (χ3v) is 4.72. The van der Waals surface area contributed by atoms with Crippen LogP contribution in [-0.2, 0) is 19.4 Å². The summed E-state index contributed by atoms with van der Waals surface area (Å²) in [7, 11) is -3.14. The van der Waals surface area contributed by atoms with E-state index in [-0.39, 0.29) is 42.5 Å². The molecular weight excluding hydrogens is 280 g/mol. The molecule has 0 saturated carbocycles. The lowest BCUT2D eigenvalue weighted by Gasteiger charge is -2.30. The molecule has 1 aliphatic heterocycles. The fraction of sp³-hybridized carbons (Fsp3) is 0.846. The molecular formula is C13H24N2O4S. The van der Waals surface area contributed by atoms with Gasteiger partial charge in [-0.15, -0.1) is 0 Å². The second-order valence-corrected chi connectivity index (χ2v) is 7.91. The standard InChI is InChI=1S/C13H24N2O4S/c1-5-9(2)12-13(17)15(6-7-20(4,18)19)10(3)8-11(16)14-12/h9-10,12H,5-8H2,1-4H3,(H,14,16). The number of carbonyl (C=O) groups is 2. The Morgan fingerprint density at radius 3 is 2.50 bits per heavy atom. The Kier molecular flexibility index (Phi) is 5.56. The Balaban J connectivity index is 2.94. The molecule has 0 aromatic heterocycles. The average Bonchev–Trinajstić information content (AvgIpc) is 2.42. The van der Waals surface area contributed by atoms with Crippen LogP contribution in [0, 0.1) is 5.92 Å². The SMILES string of the molecule is CCC(C)C1NC(=O)CC(C)N(CCS(C)(=O)=O)C1=O. The molecule has 0 aliphatic carbocycles. The molecule has 1 rings (SSSR count). The maximum absolute atomic E-state index is 12.5. The number of amides is 2. The second-order valence-electron chi connectivity index (χ2n) is 5.65. The molecule has 20 heavy (non-hydrogen) atoms. The van der Waals surface area contributed by atoms with E-state index in [0.29, 0.717) is 0 Å². The first-order valence-electron chi connectivity index (χ1n) is 6.93. The van der Waals surface area contributed by atoms with E-state index in [4.69, 9.17) is 0 Å². The van der Waals surface area contributed by atoms with Crippen molar-refractivity contribution in [3.05, 3.63) is 0 Å². The maximum Gasteiger partial charge on any atom is 0.245 e. The van der Waals surface area contributed by atoms with Crippen molar-refractivity contribution in [2.45, 2.75) is 45.7 Å². The molecule has 0 spiro atoms. The number of nitrogens with one attached hydrogen (secondary N) is 1. The van der Waals surface area contributed by atoms with Crippen molar-refractivity contribution >= 4 is 21.7 Å². The number of sulfone groups is 1. The lowest BCUT2D eigenvalue weighted by atomic mass is 9.98. The zero-order valence-electron chi connectivity index (χ0n) is 12.5. The van der Waals surface area contributed by atoms with Gasteiger partial charge in [-0.25, -0.2) is 8.42 Å². The van der Waals surface area contributed by atoms with Crippen LogP contribution in [0.3, 0.4) is 0 Å². The third-order valence-electron chi connectivity index (χ3n) is 3.79. The normalized spacial score (nSPS) is 26.1. The quantitative estimate of drug-likeness (QED) is 0.785. The van der Waals surface area contributed by atoms with E-state index in [0.717, 1.165) is 12.7 Å². The van der Waals surface area contributed by atoms with Gasteiger partial charge >= 0.3 is 0 Å². The maximum atomic E-state index is 12.5. The monoisotopic (exact) mass is 304 g/mol. The van der Waals surface area contributed by atoms with Gasteiger partial charge in [0, 0.05) is 25.3 Å². The molecule has 1 saturated heterocycles. The van der Waals surface area contributed by atoms with Gasteiger partial charge in [0.1, 0.15) is 15.9 Å². The summed E-state index contributed by atoms with van der Waals surface area (Å²) in [6.45, 7) is 5.78. The molecule has 116 valence electrons. The van der Waals surface area contributed by atoms with Crippen LogP contribution in [0.1, 0.15) is 33.6 Å².